The maximum absolute atomic E-state index is 13.7. The van der Waals surface area contributed by atoms with Crippen LogP contribution in [-0.2, 0) is 6.18 Å². The molecule has 0 N–H and O–H groups in total. The molecule has 0 bridgehead atoms. The van der Waals surface area contributed by atoms with Crippen molar-refractivity contribution in [3.63, 3.8) is 0 Å². The second-order valence-electron chi connectivity index (χ2n) is 9.81. The van der Waals surface area contributed by atoms with E-state index in [4.69, 9.17) is 0 Å². The lowest BCUT2D eigenvalue weighted by Crippen LogP contribution is -2.44. The van der Waals surface area contributed by atoms with E-state index in [1.54, 1.807) is 19.2 Å². The summed E-state index contributed by atoms with van der Waals surface area (Å²) in [6.07, 6.45) is 5.03. The first-order valence-corrected chi connectivity index (χ1v) is 12.4. The van der Waals surface area contributed by atoms with E-state index in [1.807, 2.05) is 6.07 Å². The number of pyridine rings is 2. The van der Waals surface area contributed by atoms with E-state index in [2.05, 4.69) is 19.8 Å². The van der Waals surface area contributed by atoms with Gasteiger partial charge in [-0.3, -0.25) is 9.20 Å². The fraction of sp³-hybridized carbons (Fsp3) is 0.423. The Balaban J connectivity index is 1.32. The number of imidazole rings is 1. The van der Waals surface area contributed by atoms with Gasteiger partial charge in [0.1, 0.15) is 11.3 Å². The third kappa shape index (κ3) is 4.13. The summed E-state index contributed by atoms with van der Waals surface area (Å²) < 4.78 is 44.0. The molecule has 2 aliphatic heterocycles. The molecule has 0 spiro atoms. The van der Waals surface area contributed by atoms with Crippen LogP contribution >= 0.6 is 0 Å². The number of piperidine rings is 1. The van der Waals surface area contributed by atoms with E-state index >= 15 is 0 Å². The molecule has 0 saturated carbocycles. The first-order chi connectivity index (χ1) is 17.3. The van der Waals surface area contributed by atoms with Crippen LogP contribution in [-0.4, -0.2) is 55.9 Å². The molecular formula is C26H27F3N6O. The molecule has 6 rings (SSSR count). The van der Waals surface area contributed by atoms with Gasteiger partial charge in [0.25, 0.3) is 5.56 Å². The van der Waals surface area contributed by atoms with Crippen LogP contribution in [0.3, 0.4) is 0 Å². The van der Waals surface area contributed by atoms with Gasteiger partial charge in [-0.2, -0.15) is 13.2 Å². The van der Waals surface area contributed by atoms with Crippen molar-refractivity contribution in [3.05, 3.63) is 64.5 Å². The predicted molar refractivity (Wildman–Crippen MR) is 131 cm³/mol. The molecule has 4 aromatic rings. The summed E-state index contributed by atoms with van der Waals surface area (Å²) in [4.78, 5) is 26.5. The molecular weight excluding hydrogens is 469 g/mol. The van der Waals surface area contributed by atoms with Crippen LogP contribution in [0, 0.1) is 6.92 Å². The molecule has 0 unspecified atom stereocenters. The van der Waals surface area contributed by atoms with Crippen LogP contribution in [0.25, 0.3) is 22.6 Å². The maximum Gasteiger partial charge on any atom is 0.420 e. The van der Waals surface area contributed by atoms with Gasteiger partial charge in [0.05, 0.1) is 22.6 Å². The Morgan fingerprint density at radius 2 is 1.69 bits per heavy atom. The van der Waals surface area contributed by atoms with E-state index in [1.165, 1.54) is 53.2 Å². The number of halogens is 3. The van der Waals surface area contributed by atoms with E-state index in [-0.39, 0.29) is 22.5 Å². The van der Waals surface area contributed by atoms with E-state index in [0.717, 1.165) is 37.7 Å². The number of nitrogens with zero attached hydrogens (tertiary/aromatic N) is 6. The molecule has 2 aliphatic rings. The Hall–Kier alpha value is -3.40. The standard InChI is InChI=1S/C26H27F3N6O/c1-17-14-34-15-18(12-21(25(34)30-17)26(27,28)29)22-13-24(36)35-16-20(4-5-23(35)31-22)33-10-6-19(7-11-33)32-8-2-3-9-32/h4-5,12-16,19H,2-3,6-11H2,1H3. The van der Waals surface area contributed by atoms with Gasteiger partial charge in [-0.1, -0.05) is 0 Å². The predicted octanol–water partition coefficient (Wildman–Crippen LogP) is 4.40. The number of alkyl halides is 3. The third-order valence-corrected chi connectivity index (χ3v) is 7.40. The van der Waals surface area contributed by atoms with Gasteiger partial charge in [0.2, 0.25) is 0 Å². The minimum atomic E-state index is -4.59. The van der Waals surface area contributed by atoms with Crippen LogP contribution < -0.4 is 10.5 Å². The highest BCUT2D eigenvalue weighted by Gasteiger charge is 2.35. The Bertz CT molecular complexity index is 1490. The maximum atomic E-state index is 13.7. The average Bonchev–Trinajstić information content (AvgIpc) is 3.52. The number of likely N-dealkylation sites (tertiary alicyclic amines) is 1. The van der Waals surface area contributed by atoms with Gasteiger partial charge >= 0.3 is 6.18 Å². The summed E-state index contributed by atoms with van der Waals surface area (Å²) in [5, 5.41) is 0. The minimum absolute atomic E-state index is 0.167. The SMILES string of the molecule is Cc1cn2cc(-c3cc(=O)n4cc(N5CCC(N6CCCC6)CC5)ccc4n3)cc(C(F)(F)F)c2n1. The van der Waals surface area contributed by atoms with Crippen LogP contribution in [0.1, 0.15) is 36.9 Å². The monoisotopic (exact) mass is 496 g/mol. The molecule has 0 radical (unpaired) electrons. The number of anilines is 1. The van der Waals surface area contributed by atoms with Gasteiger partial charge in [-0.05, 0) is 63.9 Å². The molecule has 2 saturated heterocycles. The minimum Gasteiger partial charge on any atom is -0.370 e. The Labute approximate surface area is 205 Å². The Morgan fingerprint density at radius 1 is 0.944 bits per heavy atom. The number of aromatic nitrogens is 4. The molecule has 4 aromatic heterocycles. The van der Waals surface area contributed by atoms with Gasteiger partial charge in [0, 0.05) is 49.4 Å². The fourth-order valence-corrected chi connectivity index (χ4v) is 5.59. The topological polar surface area (TPSA) is 58.2 Å². The second-order valence-corrected chi connectivity index (χ2v) is 9.81. The van der Waals surface area contributed by atoms with Crippen molar-refractivity contribution in [2.75, 3.05) is 31.1 Å². The van der Waals surface area contributed by atoms with Crippen molar-refractivity contribution in [2.24, 2.45) is 0 Å². The summed E-state index contributed by atoms with van der Waals surface area (Å²) in [6.45, 7) is 5.89. The highest BCUT2D eigenvalue weighted by Crippen LogP contribution is 2.35. The summed E-state index contributed by atoms with van der Waals surface area (Å²) in [6, 6.07) is 6.64. The highest BCUT2D eigenvalue weighted by atomic mass is 19.4. The molecule has 10 heteroatoms. The lowest BCUT2D eigenvalue weighted by molar-refractivity contribution is -0.136. The first kappa shape index (κ1) is 23.0. The average molecular weight is 497 g/mol. The van der Waals surface area contributed by atoms with Gasteiger partial charge in [0.15, 0.2) is 0 Å². The number of hydrogen-bond donors (Lipinski definition) is 0. The van der Waals surface area contributed by atoms with E-state index in [9.17, 15) is 18.0 Å². The van der Waals surface area contributed by atoms with Crippen molar-refractivity contribution >= 4 is 17.0 Å². The van der Waals surface area contributed by atoms with Crippen LogP contribution in [0.15, 0.2) is 47.7 Å². The Kier molecular flexibility index (Phi) is 5.51. The van der Waals surface area contributed by atoms with Crippen LogP contribution in [0.5, 0.6) is 0 Å². The largest absolute Gasteiger partial charge is 0.420 e. The molecule has 188 valence electrons. The van der Waals surface area contributed by atoms with Crippen molar-refractivity contribution < 1.29 is 13.2 Å². The molecule has 0 aromatic carbocycles. The number of rotatable bonds is 3. The zero-order chi connectivity index (χ0) is 25.0. The number of hydrogen-bond acceptors (Lipinski definition) is 5. The number of aryl methyl sites for hydroxylation is 1. The summed E-state index contributed by atoms with van der Waals surface area (Å²) in [5.41, 5.74) is 0.859. The zero-order valence-electron chi connectivity index (χ0n) is 20.0. The summed E-state index contributed by atoms with van der Waals surface area (Å²) in [5.74, 6) is 0. The van der Waals surface area contributed by atoms with Crippen molar-refractivity contribution in [1.29, 1.82) is 0 Å². The van der Waals surface area contributed by atoms with Gasteiger partial charge in [-0.25, -0.2) is 9.97 Å². The fourth-order valence-electron chi connectivity index (χ4n) is 5.59. The first-order valence-electron chi connectivity index (χ1n) is 12.4. The lowest BCUT2D eigenvalue weighted by Gasteiger charge is -2.37. The van der Waals surface area contributed by atoms with Gasteiger partial charge < -0.3 is 14.2 Å². The molecule has 2 fully saturated rings. The van der Waals surface area contributed by atoms with E-state index < -0.39 is 11.7 Å². The summed E-state index contributed by atoms with van der Waals surface area (Å²) in [7, 11) is 0. The molecule has 0 atom stereocenters. The Morgan fingerprint density at radius 3 is 2.42 bits per heavy atom. The molecule has 6 heterocycles. The zero-order valence-corrected chi connectivity index (χ0v) is 20.0. The summed E-state index contributed by atoms with van der Waals surface area (Å²) >= 11 is 0. The quantitative estimate of drug-likeness (QED) is 0.421. The highest BCUT2D eigenvalue weighted by molar-refractivity contribution is 5.67. The van der Waals surface area contributed by atoms with Crippen molar-refractivity contribution in [3.8, 4) is 11.3 Å². The smallest absolute Gasteiger partial charge is 0.370 e. The second kappa shape index (κ2) is 8.62. The van der Waals surface area contributed by atoms with Crippen LogP contribution in [0.2, 0.25) is 0 Å². The molecule has 36 heavy (non-hydrogen) atoms. The molecule has 0 amide bonds. The van der Waals surface area contributed by atoms with Crippen LogP contribution in [0.4, 0.5) is 18.9 Å². The molecule has 7 nitrogen and oxygen atoms in total. The van der Waals surface area contributed by atoms with Crippen molar-refractivity contribution in [2.45, 2.75) is 44.8 Å². The number of fused-ring (bicyclic) bond motifs is 2. The van der Waals surface area contributed by atoms with Crippen molar-refractivity contribution in [1.82, 2.24) is 23.7 Å². The van der Waals surface area contributed by atoms with Gasteiger partial charge in [-0.15, -0.1) is 0 Å². The lowest BCUT2D eigenvalue weighted by atomic mass is 10.0. The van der Waals surface area contributed by atoms with E-state index in [0.29, 0.717) is 17.4 Å². The molecule has 0 aliphatic carbocycles. The third-order valence-electron chi connectivity index (χ3n) is 7.40. The normalized spacial score (nSPS) is 18.1.